The van der Waals surface area contributed by atoms with Gasteiger partial charge >= 0.3 is 5.97 Å². The van der Waals surface area contributed by atoms with Crippen molar-refractivity contribution in [1.82, 2.24) is 0 Å². The lowest BCUT2D eigenvalue weighted by Crippen LogP contribution is -2.33. The standard InChI is InChI=1S/C37H66O8/c1-3-4-5-6-7-8-9-10-11-15-18-31(39)35-23-24-36(45-35)33(41)21-20-32(40)34-22-19-29(43-34)16-13-12-14-17-30-26-28(25-27(2)38)37(42)44-30/h28-36,39-41H,3-26H2,1-2H3/t28-,29+,30+,31+,32-,33+,34-,35+,36+/m0/s1. The van der Waals surface area contributed by atoms with Gasteiger partial charge in [-0.15, -0.1) is 0 Å². The number of esters is 1. The second kappa shape index (κ2) is 21.7. The summed E-state index contributed by atoms with van der Waals surface area (Å²) in [6.07, 6.45) is 21.4. The van der Waals surface area contributed by atoms with E-state index in [4.69, 9.17) is 14.2 Å². The molecule has 8 heteroatoms. The normalized spacial score (nSPS) is 28.8. The van der Waals surface area contributed by atoms with Gasteiger partial charge in [0.05, 0.1) is 48.6 Å². The van der Waals surface area contributed by atoms with Crippen LogP contribution in [-0.4, -0.2) is 75.9 Å². The van der Waals surface area contributed by atoms with E-state index < -0.39 is 18.3 Å². The van der Waals surface area contributed by atoms with Crippen LogP contribution in [0.3, 0.4) is 0 Å². The van der Waals surface area contributed by atoms with Crippen molar-refractivity contribution in [2.24, 2.45) is 5.92 Å². The summed E-state index contributed by atoms with van der Waals surface area (Å²) in [6.45, 7) is 3.77. The number of cyclic esters (lactones) is 1. The van der Waals surface area contributed by atoms with Gasteiger partial charge in [0.15, 0.2) is 0 Å². The van der Waals surface area contributed by atoms with Crippen LogP contribution in [0.2, 0.25) is 0 Å². The van der Waals surface area contributed by atoms with Crippen LogP contribution in [0.15, 0.2) is 0 Å². The molecule has 0 saturated carbocycles. The largest absolute Gasteiger partial charge is 0.462 e. The van der Waals surface area contributed by atoms with Crippen LogP contribution in [-0.2, 0) is 23.8 Å². The zero-order valence-electron chi connectivity index (χ0n) is 28.5. The Morgan fingerprint density at radius 3 is 1.76 bits per heavy atom. The summed E-state index contributed by atoms with van der Waals surface area (Å²) in [5.74, 6) is -0.445. The molecule has 3 saturated heterocycles. The molecule has 0 aliphatic carbocycles. The Morgan fingerprint density at radius 1 is 0.667 bits per heavy atom. The molecule has 3 N–H and O–H groups in total. The Morgan fingerprint density at radius 2 is 1.16 bits per heavy atom. The minimum absolute atomic E-state index is 0.0377. The number of ketones is 1. The zero-order valence-corrected chi connectivity index (χ0v) is 28.5. The Bertz CT molecular complexity index is 820. The SMILES string of the molecule is CCCCCCCCCCCC[C@@H](O)[C@H]1CC[C@H]([C@H](O)CC[C@H](O)[C@@H]2CC[C@@H](CCCCC[C@@H]3C[C@H](CC(C)=O)C(=O)O3)O2)O1. The van der Waals surface area contributed by atoms with Crippen molar-refractivity contribution in [2.45, 2.75) is 217 Å². The van der Waals surface area contributed by atoms with Gasteiger partial charge in [-0.3, -0.25) is 4.79 Å². The summed E-state index contributed by atoms with van der Waals surface area (Å²) in [5, 5.41) is 32.2. The van der Waals surface area contributed by atoms with Crippen LogP contribution < -0.4 is 0 Å². The van der Waals surface area contributed by atoms with Crippen molar-refractivity contribution in [3.63, 3.8) is 0 Å². The van der Waals surface area contributed by atoms with Crippen molar-refractivity contribution in [3.05, 3.63) is 0 Å². The molecule has 0 amide bonds. The molecular formula is C37H66O8. The van der Waals surface area contributed by atoms with Gasteiger partial charge in [-0.05, 0) is 77.6 Å². The Hall–Kier alpha value is -1.06. The number of Topliss-reactive ketones (excluding diaryl/α,β-unsaturated/α-hetero) is 1. The number of aliphatic hydroxyl groups is 3. The second-order valence-corrected chi connectivity index (χ2v) is 14.4. The number of hydrogen-bond donors (Lipinski definition) is 3. The smallest absolute Gasteiger partial charge is 0.309 e. The van der Waals surface area contributed by atoms with E-state index in [1.165, 1.54) is 58.3 Å². The first-order valence-corrected chi connectivity index (χ1v) is 18.8. The molecule has 0 radical (unpaired) electrons. The number of carbonyl (C=O) groups is 2. The average molecular weight is 639 g/mol. The molecule has 9 atom stereocenters. The highest BCUT2D eigenvalue weighted by Gasteiger charge is 2.36. The third-order valence-electron chi connectivity index (χ3n) is 10.4. The zero-order chi connectivity index (χ0) is 32.4. The van der Waals surface area contributed by atoms with Crippen LogP contribution in [0.1, 0.15) is 168 Å². The molecule has 0 unspecified atom stereocenters. The monoisotopic (exact) mass is 638 g/mol. The molecule has 0 spiro atoms. The van der Waals surface area contributed by atoms with Crippen molar-refractivity contribution in [2.75, 3.05) is 0 Å². The molecule has 3 aliphatic heterocycles. The quantitative estimate of drug-likeness (QED) is 0.0714. The molecule has 3 heterocycles. The minimum atomic E-state index is -0.636. The molecule has 3 fully saturated rings. The molecule has 0 aromatic heterocycles. The van der Waals surface area contributed by atoms with E-state index in [-0.39, 0.29) is 48.2 Å². The van der Waals surface area contributed by atoms with Gasteiger partial charge in [-0.1, -0.05) is 84.0 Å². The molecule has 3 rings (SSSR count). The van der Waals surface area contributed by atoms with Gasteiger partial charge in [0.25, 0.3) is 0 Å². The molecule has 3 aliphatic rings. The maximum absolute atomic E-state index is 11.9. The molecule has 0 bridgehead atoms. The van der Waals surface area contributed by atoms with E-state index in [0.717, 1.165) is 77.0 Å². The lowest BCUT2D eigenvalue weighted by Gasteiger charge is -2.24. The van der Waals surface area contributed by atoms with Gasteiger partial charge in [0.1, 0.15) is 11.9 Å². The number of aliphatic hydroxyl groups excluding tert-OH is 3. The van der Waals surface area contributed by atoms with Gasteiger partial charge < -0.3 is 34.3 Å². The van der Waals surface area contributed by atoms with E-state index in [9.17, 15) is 24.9 Å². The Labute approximate surface area is 273 Å². The second-order valence-electron chi connectivity index (χ2n) is 14.4. The first-order chi connectivity index (χ1) is 21.8. The topological polar surface area (TPSA) is 123 Å². The van der Waals surface area contributed by atoms with E-state index >= 15 is 0 Å². The summed E-state index contributed by atoms with van der Waals surface area (Å²) in [5.41, 5.74) is 0. The van der Waals surface area contributed by atoms with Crippen LogP contribution in [0.25, 0.3) is 0 Å². The van der Waals surface area contributed by atoms with Crippen molar-refractivity contribution >= 4 is 11.8 Å². The van der Waals surface area contributed by atoms with Gasteiger partial charge in [-0.25, -0.2) is 0 Å². The van der Waals surface area contributed by atoms with Crippen LogP contribution in [0.4, 0.5) is 0 Å². The summed E-state index contributed by atoms with van der Waals surface area (Å²) in [6, 6.07) is 0. The van der Waals surface area contributed by atoms with Gasteiger partial charge in [0.2, 0.25) is 0 Å². The number of unbranched alkanes of at least 4 members (excludes halogenated alkanes) is 11. The van der Waals surface area contributed by atoms with Gasteiger partial charge in [0, 0.05) is 6.42 Å². The maximum Gasteiger partial charge on any atom is 0.309 e. The van der Waals surface area contributed by atoms with Crippen molar-refractivity contribution < 1.29 is 39.1 Å². The third kappa shape index (κ3) is 14.7. The molecule has 45 heavy (non-hydrogen) atoms. The first-order valence-electron chi connectivity index (χ1n) is 18.8. The fraction of sp³-hybridized carbons (Fsp3) is 0.946. The van der Waals surface area contributed by atoms with Crippen LogP contribution >= 0.6 is 0 Å². The lowest BCUT2D eigenvalue weighted by atomic mass is 9.96. The molecule has 8 nitrogen and oxygen atoms in total. The Balaban J connectivity index is 1.18. The first kappa shape index (κ1) is 38.4. The van der Waals surface area contributed by atoms with E-state index in [2.05, 4.69) is 6.92 Å². The molecular weight excluding hydrogens is 572 g/mol. The fourth-order valence-electron chi connectivity index (χ4n) is 7.56. The van der Waals surface area contributed by atoms with E-state index in [0.29, 0.717) is 25.7 Å². The number of hydrogen-bond acceptors (Lipinski definition) is 8. The molecule has 0 aromatic rings. The molecule has 0 aromatic carbocycles. The van der Waals surface area contributed by atoms with Crippen LogP contribution in [0, 0.1) is 5.92 Å². The predicted octanol–water partition coefficient (Wildman–Crippen LogP) is 7.12. The summed E-state index contributed by atoms with van der Waals surface area (Å²) < 4.78 is 17.7. The molecule has 262 valence electrons. The van der Waals surface area contributed by atoms with Crippen molar-refractivity contribution in [1.29, 1.82) is 0 Å². The highest BCUT2D eigenvalue weighted by Crippen LogP contribution is 2.32. The highest BCUT2D eigenvalue weighted by molar-refractivity contribution is 5.83. The third-order valence-corrected chi connectivity index (χ3v) is 10.4. The average Bonchev–Trinajstić information content (AvgIpc) is 3.77. The minimum Gasteiger partial charge on any atom is -0.462 e. The highest BCUT2D eigenvalue weighted by atomic mass is 16.6. The number of ether oxygens (including phenoxy) is 3. The van der Waals surface area contributed by atoms with E-state index in [1.54, 1.807) is 0 Å². The van der Waals surface area contributed by atoms with Gasteiger partial charge in [-0.2, -0.15) is 0 Å². The van der Waals surface area contributed by atoms with Crippen molar-refractivity contribution in [3.8, 4) is 0 Å². The summed E-state index contributed by atoms with van der Waals surface area (Å²) in [7, 11) is 0. The summed E-state index contributed by atoms with van der Waals surface area (Å²) in [4.78, 5) is 23.2. The lowest BCUT2D eigenvalue weighted by molar-refractivity contribution is -0.145. The van der Waals surface area contributed by atoms with Crippen LogP contribution in [0.5, 0.6) is 0 Å². The Kier molecular flexibility index (Phi) is 18.5. The fourth-order valence-corrected chi connectivity index (χ4v) is 7.56. The van der Waals surface area contributed by atoms with E-state index in [1.807, 2.05) is 0 Å². The summed E-state index contributed by atoms with van der Waals surface area (Å²) >= 11 is 0. The predicted molar refractivity (Wildman–Crippen MR) is 176 cm³/mol. The maximum atomic E-state index is 11.9. The number of rotatable bonds is 25. The number of carbonyl (C=O) groups excluding carboxylic acids is 2.